The summed E-state index contributed by atoms with van der Waals surface area (Å²) in [6.07, 6.45) is 71.3. The van der Waals surface area contributed by atoms with Crippen molar-refractivity contribution in [3.8, 4) is 0 Å². The lowest BCUT2D eigenvalue weighted by molar-refractivity contribution is -0.167. The van der Waals surface area contributed by atoms with Crippen LogP contribution in [0.1, 0.15) is 265 Å². The molecule has 6 heteroatoms. The van der Waals surface area contributed by atoms with Crippen molar-refractivity contribution in [2.75, 3.05) is 13.2 Å². The van der Waals surface area contributed by atoms with Crippen molar-refractivity contribution in [2.24, 2.45) is 0 Å². The zero-order chi connectivity index (χ0) is 48.6. The highest BCUT2D eigenvalue weighted by atomic mass is 16.6. The first-order chi connectivity index (χ1) is 33.0. The molecule has 0 bridgehead atoms. The van der Waals surface area contributed by atoms with Crippen molar-refractivity contribution in [1.29, 1.82) is 0 Å². The number of carbonyl (C=O) groups excluding carboxylic acids is 3. The molecule has 384 valence electrons. The molecule has 1 atom stereocenters. The first kappa shape index (κ1) is 63.6. The van der Waals surface area contributed by atoms with Gasteiger partial charge in [0.2, 0.25) is 0 Å². The SMILES string of the molecule is CC/C=C\C/C=C\C/C=C\C/C=C\CCCCCCC(=O)O[C@H](COC(=O)CCCCCCC/C=C\C/C=C\CCCCC)COC(=O)CCCCCCCCC/C=C\CCCCCCCC. The molecule has 0 fully saturated rings. The third-order valence-corrected chi connectivity index (χ3v) is 11.9. The lowest BCUT2D eigenvalue weighted by Crippen LogP contribution is -2.30. The largest absolute Gasteiger partial charge is 0.462 e. The lowest BCUT2D eigenvalue weighted by Gasteiger charge is -2.18. The second kappa shape index (κ2) is 55.2. The van der Waals surface area contributed by atoms with Gasteiger partial charge < -0.3 is 14.2 Å². The van der Waals surface area contributed by atoms with E-state index in [2.05, 4.69) is 106 Å². The fraction of sp³-hybridized carbons (Fsp3) is 0.721. The summed E-state index contributed by atoms with van der Waals surface area (Å²) in [5, 5.41) is 0. The highest BCUT2D eigenvalue weighted by Crippen LogP contribution is 2.14. The first-order valence-electron chi connectivity index (χ1n) is 28.1. The summed E-state index contributed by atoms with van der Waals surface area (Å²) >= 11 is 0. The number of rotatable bonds is 50. The van der Waals surface area contributed by atoms with Crippen LogP contribution in [0.15, 0.2) is 85.1 Å². The summed E-state index contributed by atoms with van der Waals surface area (Å²) in [7, 11) is 0. The molecule has 0 aliphatic heterocycles. The monoisotopic (exact) mass is 933 g/mol. The van der Waals surface area contributed by atoms with Gasteiger partial charge in [-0.3, -0.25) is 14.4 Å². The highest BCUT2D eigenvalue weighted by molar-refractivity contribution is 5.71. The number of hydrogen-bond acceptors (Lipinski definition) is 6. The maximum Gasteiger partial charge on any atom is 0.306 e. The molecule has 0 N–H and O–H groups in total. The van der Waals surface area contributed by atoms with Crippen LogP contribution >= 0.6 is 0 Å². The van der Waals surface area contributed by atoms with Crippen LogP contribution in [0.25, 0.3) is 0 Å². The molecular formula is C61H104O6. The Bertz CT molecular complexity index is 1300. The maximum atomic E-state index is 12.8. The van der Waals surface area contributed by atoms with Gasteiger partial charge in [0.05, 0.1) is 0 Å². The van der Waals surface area contributed by atoms with E-state index in [1.54, 1.807) is 0 Å². The van der Waals surface area contributed by atoms with Crippen LogP contribution in [0.5, 0.6) is 0 Å². The lowest BCUT2D eigenvalue weighted by atomic mass is 10.1. The Morgan fingerprint density at radius 2 is 0.582 bits per heavy atom. The van der Waals surface area contributed by atoms with E-state index in [-0.39, 0.29) is 31.1 Å². The second-order valence-electron chi connectivity index (χ2n) is 18.5. The average molecular weight is 933 g/mol. The summed E-state index contributed by atoms with van der Waals surface area (Å²) in [4.78, 5) is 38.1. The van der Waals surface area contributed by atoms with E-state index in [0.29, 0.717) is 19.3 Å². The van der Waals surface area contributed by atoms with Gasteiger partial charge in [-0.15, -0.1) is 0 Å². The van der Waals surface area contributed by atoms with Gasteiger partial charge >= 0.3 is 17.9 Å². The quantitative estimate of drug-likeness (QED) is 0.0262. The Kier molecular flexibility index (Phi) is 52.4. The van der Waals surface area contributed by atoms with E-state index >= 15 is 0 Å². The standard InChI is InChI=1S/C61H104O6/c1-4-7-10-13-16-19-22-25-28-30-33-36-39-42-45-48-51-54-60(63)66-57-58(56-65-59(62)53-50-47-44-41-38-35-32-27-24-21-18-15-12-9-6-3)67-61(64)55-52-49-46-43-40-37-34-31-29-26-23-20-17-14-11-8-5-2/h8,11,17-18,20-21,25-29,32,34,37,58H,4-7,9-10,12-16,19,22-24,30-31,33,35-36,38-57H2,1-3H3/b11-8-,20-17-,21-18-,28-25-,29-26-,32-27-,37-34-/t58-/m1/s1. The summed E-state index contributed by atoms with van der Waals surface area (Å²) in [5.41, 5.74) is 0. The van der Waals surface area contributed by atoms with Crippen LogP contribution < -0.4 is 0 Å². The minimum absolute atomic E-state index is 0.0934. The number of hydrogen-bond donors (Lipinski definition) is 0. The van der Waals surface area contributed by atoms with Crippen LogP contribution in [-0.4, -0.2) is 37.2 Å². The molecule has 0 amide bonds. The van der Waals surface area contributed by atoms with E-state index < -0.39 is 6.10 Å². The molecule has 0 saturated heterocycles. The van der Waals surface area contributed by atoms with Gasteiger partial charge in [0.25, 0.3) is 0 Å². The Hall–Kier alpha value is -3.41. The van der Waals surface area contributed by atoms with Crippen LogP contribution in [-0.2, 0) is 28.6 Å². The molecule has 0 aromatic heterocycles. The van der Waals surface area contributed by atoms with Crippen molar-refractivity contribution in [2.45, 2.75) is 271 Å². The van der Waals surface area contributed by atoms with E-state index in [1.807, 2.05) is 0 Å². The molecular weight excluding hydrogens is 829 g/mol. The van der Waals surface area contributed by atoms with E-state index in [9.17, 15) is 14.4 Å². The van der Waals surface area contributed by atoms with Crippen molar-refractivity contribution in [3.05, 3.63) is 85.1 Å². The van der Waals surface area contributed by atoms with Crippen LogP contribution in [0.2, 0.25) is 0 Å². The van der Waals surface area contributed by atoms with Gasteiger partial charge in [-0.05, 0) is 116 Å². The molecule has 0 heterocycles. The minimum Gasteiger partial charge on any atom is -0.462 e. The maximum absolute atomic E-state index is 12.8. The van der Waals surface area contributed by atoms with Crippen LogP contribution in [0, 0.1) is 0 Å². The Morgan fingerprint density at radius 1 is 0.313 bits per heavy atom. The fourth-order valence-electron chi connectivity index (χ4n) is 7.63. The zero-order valence-electron chi connectivity index (χ0n) is 43.9. The first-order valence-corrected chi connectivity index (χ1v) is 28.1. The highest BCUT2D eigenvalue weighted by Gasteiger charge is 2.19. The molecule has 0 aliphatic rings. The molecule has 0 aromatic rings. The molecule has 0 spiro atoms. The number of carbonyl (C=O) groups is 3. The van der Waals surface area contributed by atoms with Gasteiger partial charge in [-0.1, -0.05) is 215 Å². The molecule has 0 aromatic carbocycles. The molecule has 6 nitrogen and oxygen atoms in total. The smallest absolute Gasteiger partial charge is 0.306 e. The molecule has 0 rings (SSSR count). The molecule has 0 aliphatic carbocycles. The van der Waals surface area contributed by atoms with Crippen molar-refractivity contribution >= 4 is 17.9 Å². The van der Waals surface area contributed by atoms with Gasteiger partial charge in [0, 0.05) is 19.3 Å². The van der Waals surface area contributed by atoms with Gasteiger partial charge in [-0.25, -0.2) is 0 Å². The van der Waals surface area contributed by atoms with Crippen molar-refractivity contribution in [1.82, 2.24) is 0 Å². The fourth-order valence-corrected chi connectivity index (χ4v) is 7.63. The van der Waals surface area contributed by atoms with Crippen molar-refractivity contribution < 1.29 is 28.6 Å². The minimum atomic E-state index is -0.798. The predicted molar refractivity (Wildman–Crippen MR) is 288 cm³/mol. The Balaban J connectivity index is 4.46. The number of allylic oxidation sites excluding steroid dienone is 14. The van der Waals surface area contributed by atoms with Gasteiger partial charge in [0.15, 0.2) is 6.10 Å². The normalized spacial score (nSPS) is 12.7. The van der Waals surface area contributed by atoms with Gasteiger partial charge in [0.1, 0.15) is 13.2 Å². The predicted octanol–water partition coefficient (Wildman–Crippen LogP) is 18.8. The summed E-state index contributed by atoms with van der Waals surface area (Å²) in [6.45, 7) is 6.47. The van der Waals surface area contributed by atoms with E-state index in [0.717, 1.165) is 122 Å². The van der Waals surface area contributed by atoms with E-state index in [1.165, 1.54) is 103 Å². The molecule has 0 saturated carbocycles. The van der Waals surface area contributed by atoms with Crippen molar-refractivity contribution in [3.63, 3.8) is 0 Å². The molecule has 0 radical (unpaired) electrons. The number of ether oxygens (including phenoxy) is 3. The number of esters is 3. The van der Waals surface area contributed by atoms with E-state index in [4.69, 9.17) is 14.2 Å². The molecule has 67 heavy (non-hydrogen) atoms. The molecule has 0 unspecified atom stereocenters. The van der Waals surface area contributed by atoms with Gasteiger partial charge in [-0.2, -0.15) is 0 Å². The third-order valence-electron chi connectivity index (χ3n) is 11.9. The summed E-state index contributed by atoms with van der Waals surface area (Å²) in [6, 6.07) is 0. The van der Waals surface area contributed by atoms with Crippen LogP contribution in [0.3, 0.4) is 0 Å². The second-order valence-corrected chi connectivity index (χ2v) is 18.5. The zero-order valence-corrected chi connectivity index (χ0v) is 43.9. The average Bonchev–Trinajstić information content (AvgIpc) is 3.33. The number of unbranched alkanes of at least 4 members (excludes halogenated alkanes) is 25. The third kappa shape index (κ3) is 53.4. The summed E-state index contributed by atoms with van der Waals surface area (Å²) < 4.78 is 16.8. The topological polar surface area (TPSA) is 78.9 Å². The Labute approximate surface area is 414 Å². The summed E-state index contributed by atoms with van der Waals surface area (Å²) in [5.74, 6) is -0.932. The van der Waals surface area contributed by atoms with Crippen LogP contribution in [0.4, 0.5) is 0 Å². The Morgan fingerprint density at radius 3 is 0.955 bits per heavy atom.